The molecule has 2 aromatic carbocycles. The molecular weight excluding hydrogens is 556 g/mol. The van der Waals surface area contributed by atoms with Crippen LogP contribution in [-0.2, 0) is 29.0 Å². The van der Waals surface area contributed by atoms with E-state index in [1.807, 2.05) is 22.8 Å². The van der Waals surface area contributed by atoms with Crippen molar-refractivity contribution in [2.75, 3.05) is 13.7 Å². The number of esters is 1. The number of halogens is 2. The number of nitrogens with zero attached hydrogens (tertiary/aromatic N) is 5. The van der Waals surface area contributed by atoms with Crippen molar-refractivity contribution >= 4 is 16.9 Å². The first-order valence-electron chi connectivity index (χ1n) is 13.5. The molecule has 0 bridgehead atoms. The number of pyridine rings is 1. The molecule has 0 unspecified atom stereocenters. The van der Waals surface area contributed by atoms with E-state index in [2.05, 4.69) is 15.0 Å². The summed E-state index contributed by atoms with van der Waals surface area (Å²) in [6, 6.07) is 16.1. The van der Waals surface area contributed by atoms with Crippen molar-refractivity contribution in [3.63, 3.8) is 0 Å². The van der Waals surface area contributed by atoms with Crippen molar-refractivity contribution in [2.24, 2.45) is 0 Å². The van der Waals surface area contributed by atoms with Gasteiger partial charge >= 0.3 is 12.0 Å². The van der Waals surface area contributed by atoms with Crippen LogP contribution >= 0.6 is 0 Å². The summed E-state index contributed by atoms with van der Waals surface area (Å²) >= 11 is 0. The summed E-state index contributed by atoms with van der Waals surface area (Å²) in [5, 5.41) is 9.75. The minimum absolute atomic E-state index is 0.00226. The molecule has 0 saturated carbocycles. The number of benzene rings is 2. The Morgan fingerprint density at radius 1 is 1.12 bits per heavy atom. The summed E-state index contributed by atoms with van der Waals surface area (Å²) in [4.78, 5) is 24.5. The Morgan fingerprint density at radius 2 is 1.98 bits per heavy atom. The first-order chi connectivity index (χ1) is 20.9. The zero-order valence-corrected chi connectivity index (χ0v) is 23.1. The monoisotopic (exact) mass is 581 g/mol. The van der Waals surface area contributed by atoms with Gasteiger partial charge in [-0.1, -0.05) is 12.1 Å². The maximum atomic E-state index is 15.5. The minimum Gasteiger partial charge on any atom is -0.465 e. The summed E-state index contributed by atoms with van der Waals surface area (Å²) in [5.74, 6) is -1.69. The van der Waals surface area contributed by atoms with E-state index in [4.69, 9.17) is 19.5 Å². The molecule has 0 aliphatic carbocycles. The van der Waals surface area contributed by atoms with Crippen molar-refractivity contribution < 1.29 is 27.8 Å². The van der Waals surface area contributed by atoms with Crippen LogP contribution in [0.1, 0.15) is 39.3 Å². The highest BCUT2D eigenvalue weighted by atomic mass is 19.1. The molecule has 1 saturated heterocycles. The Morgan fingerprint density at radius 3 is 2.70 bits per heavy atom. The van der Waals surface area contributed by atoms with Gasteiger partial charge in [0.2, 0.25) is 0 Å². The largest absolute Gasteiger partial charge is 0.465 e. The van der Waals surface area contributed by atoms with Crippen LogP contribution in [0.4, 0.5) is 8.78 Å². The Kier molecular flexibility index (Phi) is 7.77. The fraction of sp³-hybridized carbons (Fsp3) is 0.219. The van der Waals surface area contributed by atoms with E-state index >= 15 is 8.78 Å². The number of carbonyl (C=O) groups is 1. The number of aromatic nitrogens is 4. The van der Waals surface area contributed by atoms with E-state index in [9.17, 15) is 4.79 Å². The molecule has 216 valence electrons. The molecule has 0 amide bonds. The second-order valence-electron chi connectivity index (χ2n) is 10.1. The third kappa shape index (κ3) is 5.91. The fourth-order valence-corrected chi connectivity index (χ4v) is 4.95. The standard InChI is InChI=1S/C32H25F2N5O4/c1-41-31(40)21-4-3-20-10-24(39(30(20)13-21)17-25-7-9-42-25)11-22-12-28(34)26(14-27(22)33)29-6-8-36-32(38-29)43-18-19-2-5-23(15-35)37-16-19/h2-6,8,10,12-14,16,25H,7,9,11,17-18H2,1H3/t25-/m0/s1. The Hall–Kier alpha value is -5.21. The number of carbonyl (C=O) groups excluding carboxylic acids is 1. The maximum Gasteiger partial charge on any atom is 0.337 e. The molecule has 1 fully saturated rings. The van der Waals surface area contributed by atoms with Crippen LogP contribution in [-0.4, -0.2) is 45.3 Å². The van der Waals surface area contributed by atoms with E-state index in [1.165, 1.54) is 31.6 Å². The summed E-state index contributed by atoms with van der Waals surface area (Å²) in [7, 11) is 1.32. The zero-order valence-electron chi connectivity index (χ0n) is 23.1. The first kappa shape index (κ1) is 27.9. The normalized spacial score (nSPS) is 14.2. The average molecular weight is 582 g/mol. The van der Waals surface area contributed by atoms with Gasteiger partial charge in [-0.3, -0.25) is 0 Å². The van der Waals surface area contributed by atoms with Crippen LogP contribution in [0, 0.1) is 23.0 Å². The molecular formula is C32H25F2N5O4. The number of nitriles is 1. The highest BCUT2D eigenvalue weighted by molar-refractivity contribution is 5.95. The maximum absolute atomic E-state index is 15.5. The van der Waals surface area contributed by atoms with Gasteiger partial charge < -0.3 is 18.8 Å². The highest BCUT2D eigenvalue weighted by Crippen LogP contribution is 2.30. The van der Waals surface area contributed by atoms with Gasteiger partial charge in [0.05, 0.1) is 24.5 Å². The molecule has 3 aromatic heterocycles. The quantitative estimate of drug-likeness (QED) is 0.213. The SMILES string of the molecule is COC(=O)c1ccc2cc(Cc3cc(F)c(-c4ccnc(OCc5ccc(C#N)nc5)n4)cc3F)n(C[C@@H]3CCO3)c2c1. The average Bonchev–Trinajstić information content (AvgIpc) is 3.35. The van der Waals surface area contributed by atoms with E-state index in [1.54, 1.807) is 24.3 Å². The molecule has 0 radical (unpaired) electrons. The van der Waals surface area contributed by atoms with Crippen LogP contribution in [0.25, 0.3) is 22.2 Å². The lowest BCUT2D eigenvalue weighted by Crippen LogP contribution is -2.31. The zero-order chi connectivity index (χ0) is 29.9. The van der Waals surface area contributed by atoms with Gasteiger partial charge in [-0.05, 0) is 59.8 Å². The number of hydrogen-bond donors (Lipinski definition) is 0. The summed E-state index contributed by atoms with van der Waals surface area (Å²) in [5.41, 5.74) is 3.23. The van der Waals surface area contributed by atoms with Gasteiger partial charge in [0.15, 0.2) is 0 Å². The molecule has 1 atom stereocenters. The molecule has 0 N–H and O–H groups in total. The van der Waals surface area contributed by atoms with E-state index in [0.29, 0.717) is 24.3 Å². The summed E-state index contributed by atoms with van der Waals surface area (Å²) < 4.78 is 49.1. The van der Waals surface area contributed by atoms with Crippen LogP contribution in [0.3, 0.4) is 0 Å². The fourth-order valence-electron chi connectivity index (χ4n) is 4.95. The highest BCUT2D eigenvalue weighted by Gasteiger charge is 2.23. The second-order valence-corrected chi connectivity index (χ2v) is 10.1. The molecule has 0 spiro atoms. The van der Waals surface area contributed by atoms with Crippen molar-refractivity contribution in [1.29, 1.82) is 5.26 Å². The van der Waals surface area contributed by atoms with Crippen molar-refractivity contribution in [3.05, 3.63) is 107 Å². The summed E-state index contributed by atoms with van der Waals surface area (Å²) in [6.45, 7) is 1.28. The molecule has 1 aliphatic rings. The van der Waals surface area contributed by atoms with E-state index in [0.717, 1.165) is 29.1 Å². The third-order valence-electron chi connectivity index (χ3n) is 7.32. The van der Waals surface area contributed by atoms with Gasteiger partial charge in [0.1, 0.15) is 30.0 Å². The van der Waals surface area contributed by atoms with E-state index < -0.39 is 17.6 Å². The smallest absolute Gasteiger partial charge is 0.337 e. The first-order valence-corrected chi connectivity index (χ1v) is 13.5. The Labute approximate surface area is 245 Å². The Balaban J connectivity index is 1.26. The number of methoxy groups -OCH3 is 1. The lowest BCUT2D eigenvalue weighted by Gasteiger charge is -2.28. The predicted molar refractivity (Wildman–Crippen MR) is 151 cm³/mol. The van der Waals surface area contributed by atoms with Crippen LogP contribution in [0.15, 0.2) is 67.0 Å². The molecule has 5 aromatic rings. The lowest BCUT2D eigenvalue weighted by atomic mass is 10.0. The van der Waals surface area contributed by atoms with Gasteiger partial charge in [-0.2, -0.15) is 10.2 Å². The van der Waals surface area contributed by atoms with E-state index in [-0.39, 0.29) is 47.7 Å². The van der Waals surface area contributed by atoms with Gasteiger partial charge in [-0.25, -0.2) is 23.5 Å². The minimum atomic E-state index is -0.643. The topological polar surface area (TPSA) is 112 Å². The third-order valence-corrected chi connectivity index (χ3v) is 7.32. The second kappa shape index (κ2) is 12.0. The van der Waals surface area contributed by atoms with Crippen molar-refractivity contribution in [3.8, 4) is 23.3 Å². The van der Waals surface area contributed by atoms with Crippen molar-refractivity contribution in [2.45, 2.75) is 32.1 Å². The predicted octanol–water partition coefficient (Wildman–Crippen LogP) is 5.39. The molecule has 6 rings (SSSR count). The number of ether oxygens (including phenoxy) is 3. The van der Waals surface area contributed by atoms with Gasteiger partial charge in [-0.15, -0.1) is 0 Å². The number of rotatable bonds is 9. The summed E-state index contributed by atoms with van der Waals surface area (Å²) in [6.07, 6.45) is 3.93. The van der Waals surface area contributed by atoms with Crippen LogP contribution in [0.2, 0.25) is 0 Å². The molecule has 11 heteroatoms. The molecule has 1 aliphatic heterocycles. The van der Waals surface area contributed by atoms with Crippen LogP contribution < -0.4 is 4.74 Å². The number of hydrogen-bond acceptors (Lipinski definition) is 8. The molecule has 9 nitrogen and oxygen atoms in total. The lowest BCUT2D eigenvalue weighted by molar-refractivity contribution is -0.0588. The number of fused-ring (bicyclic) bond motifs is 1. The van der Waals surface area contributed by atoms with Gasteiger partial charge in [0, 0.05) is 54.3 Å². The Bertz CT molecular complexity index is 1860. The molecule has 4 heterocycles. The molecule has 43 heavy (non-hydrogen) atoms. The van der Waals surface area contributed by atoms with Crippen molar-refractivity contribution in [1.82, 2.24) is 19.5 Å². The van der Waals surface area contributed by atoms with Gasteiger partial charge in [0.25, 0.3) is 0 Å². The van der Waals surface area contributed by atoms with Crippen LogP contribution in [0.5, 0.6) is 6.01 Å².